The highest BCUT2D eigenvalue weighted by atomic mass is 32.2. The Morgan fingerprint density at radius 1 is 1.15 bits per heavy atom. The molecule has 0 spiro atoms. The second-order valence-electron chi connectivity index (χ2n) is 8.24. The summed E-state index contributed by atoms with van der Waals surface area (Å²) in [6.07, 6.45) is 10.8. The molecule has 0 aromatic carbocycles. The van der Waals surface area contributed by atoms with Crippen LogP contribution in [0.5, 0.6) is 0 Å². The standard InChI is InChI=1S/C24H26N8OS/c1-34-22-21(15-6-9-31(10-7-15)20(33)11-25)30-24-18(14-29-32(24)23(22)26)16-4-5-19(28-13-16)17-3-2-8-27-12-17/h2-5,8,12-15H,6-7,9-11,25-26H2,1H3. The van der Waals surface area contributed by atoms with Crippen molar-refractivity contribution in [1.29, 1.82) is 0 Å². The first kappa shape index (κ1) is 22.3. The van der Waals surface area contributed by atoms with Crippen molar-refractivity contribution in [3.8, 4) is 22.4 Å². The van der Waals surface area contributed by atoms with E-state index < -0.39 is 0 Å². The second kappa shape index (κ2) is 9.40. The number of amides is 1. The lowest BCUT2D eigenvalue weighted by Crippen LogP contribution is -2.41. The molecule has 1 fully saturated rings. The highest BCUT2D eigenvalue weighted by Gasteiger charge is 2.28. The average Bonchev–Trinajstić information content (AvgIpc) is 3.33. The molecule has 9 nitrogen and oxygen atoms in total. The van der Waals surface area contributed by atoms with Crippen LogP contribution in [0.2, 0.25) is 0 Å². The minimum absolute atomic E-state index is 0.00762. The van der Waals surface area contributed by atoms with Crippen LogP contribution in [-0.2, 0) is 4.79 Å². The van der Waals surface area contributed by atoms with Gasteiger partial charge in [-0.15, -0.1) is 11.8 Å². The number of carbonyl (C=O) groups excluding carboxylic acids is 1. The van der Waals surface area contributed by atoms with E-state index in [0.717, 1.165) is 45.8 Å². The van der Waals surface area contributed by atoms with Crippen molar-refractivity contribution < 1.29 is 4.79 Å². The molecule has 1 saturated heterocycles. The molecule has 5 rings (SSSR count). The van der Waals surface area contributed by atoms with E-state index in [-0.39, 0.29) is 18.4 Å². The van der Waals surface area contributed by atoms with Gasteiger partial charge in [-0.25, -0.2) is 4.98 Å². The number of hydrogen-bond donors (Lipinski definition) is 2. The smallest absolute Gasteiger partial charge is 0.236 e. The lowest BCUT2D eigenvalue weighted by Gasteiger charge is -2.32. The summed E-state index contributed by atoms with van der Waals surface area (Å²) < 4.78 is 1.70. The number of piperidine rings is 1. The van der Waals surface area contributed by atoms with Gasteiger partial charge in [-0.05, 0) is 37.3 Å². The summed E-state index contributed by atoms with van der Waals surface area (Å²) in [6, 6.07) is 7.86. The number of carbonyl (C=O) groups is 1. The Hall–Kier alpha value is -3.50. The van der Waals surface area contributed by atoms with Crippen molar-refractivity contribution >= 4 is 29.1 Å². The fourth-order valence-corrected chi connectivity index (χ4v) is 5.19. The molecule has 4 aromatic rings. The van der Waals surface area contributed by atoms with Crippen LogP contribution in [0.4, 0.5) is 5.82 Å². The van der Waals surface area contributed by atoms with E-state index in [2.05, 4.69) is 15.1 Å². The van der Waals surface area contributed by atoms with Crippen LogP contribution in [0.25, 0.3) is 28.0 Å². The van der Waals surface area contributed by atoms with Crippen LogP contribution in [-0.4, -0.2) is 61.3 Å². The summed E-state index contributed by atoms with van der Waals surface area (Å²) >= 11 is 1.58. The first-order valence-electron chi connectivity index (χ1n) is 11.2. The van der Waals surface area contributed by atoms with E-state index >= 15 is 0 Å². The molecule has 1 amide bonds. The average molecular weight is 475 g/mol. The third kappa shape index (κ3) is 3.99. The van der Waals surface area contributed by atoms with E-state index in [4.69, 9.17) is 16.5 Å². The maximum absolute atomic E-state index is 12.0. The molecule has 0 aliphatic carbocycles. The Balaban J connectivity index is 1.50. The summed E-state index contributed by atoms with van der Waals surface area (Å²) in [4.78, 5) is 28.6. The van der Waals surface area contributed by atoms with Crippen molar-refractivity contribution in [2.75, 3.05) is 31.6 Å². The Bertz CT molecular complexity index is 1310. The van der Waals surface area contributed by atoms with Crippen molar-refractivity contribution in [2.24, 2.45) is 5.73 Å². The highest BCUT2D eigenvalue weighted by Crippen LogP contribution is 2.38. The molecule has 1 aliphatic rings. The van der Waals surface area contributed by atoms with Gasteiger partial charge in [0.05, 0.1) is 29.0 Å². The van der Waals surface area contributed by atoms with Crippen LogP contribution in [0.15, 0.2) is 53.9 Å². The first-order valence-corrected chi connectivity index (χ1v) is 12.4. The van der Waals surface area contributed by atoms with Crippen LogP contribution in [0.1, 0.15) is 24.5 Å². The van der Waals surface area contributed by atoms with Gasteiger partial charge in [-0.2, -0.15) is 9.61 Å². The summed E-state index contributed by atoms with van der Waals surface area (Å²) in [7, 11) is 0. The lowest BCUT2D eigenvalue weighted by molar-refractivity contribution is -0.130. The number of nitrogens with two attached hydrogens (primary N) is 2. The fourth-order valence-electron chi connectivity index (χ4n) is 4.48. The molecule has 34 heavy (non-hydrogen) atoms. The lowest BCUT2D eigenvalue weighted by atomic mass is 9.93. The number of hydrogen-bond acceptors (Lipinski definition) is 8. The number of nitrogens with zero attached hydrogens (tertiary/aromatic N) is 6. The third-order valence-corrected chi connectivity index (χ3v) is 7.14. The SMILES string of the molecule is CSc1c(C2CCN(C(=O)CN)CC2)nc2c(-c3ccc(-c4cccnc4)nc3)cnn2c1N. The van der Waals surface area contributed by atoms with Gasteiger partial charge in [-0.3, -0.25) is 14.8 Å². The summed E-state index contributed by atoms with van der Waals surface area (Å²) in [6.45, 7) is 1.39. The summed E-state index contributed by atoms with van der Waals surface area (Å²) in [5.74, 6) is 0.788. The minimum atomic E-state index is -0.00762. The molecule has 4 N–H and O–H groups in total. The number of thioether (sulfide) groups is 1. The number of anilines is 1. The van der Waals surface area contributed by atoms with Gasteiger partial charge < -0.3 is 16.4 Å². The molecule has 174 valence electrons. The molecule has 0 saturated carbocycles. The second-order valence-corrected chi connectivity index (χ2v) is 9.06. The predicted octanol–water partition coefficient (Wildman–Crippen LogP) is 2.82. The first-order chi connectivity index (χ1) is 16.6. The van der Waals surface area contributed by atoms with Crippen molar-refractivity contribution in [3.63, 3.8) is 0 Å². The van der Waals surface area contributed by atoms with Gasteiger partial charge in [0.25, 0.3) is 0 Å². The topological polar surface area (TPSA) is 128 Å². The van der Waals surface area contributed by atoms with Crippen LogP contribution in [0.3, 0.4) is 0 Å². The maximum Gasteiger partial charge on any atom is 0.236 e. The zero-order valence-electron chi connectivity index (χ0n) is 18.9. The van der Waals surface area contributed by atoms with E-state index in [1.165, 1.54) is 0 Å². The van der Waals surface area contributed by atoms with Gasteiger partial charge in [0.2, 0.25) is 5.91 Å². The van der Waals surface area contributed by atoms with Crippen molar-refractivity contribution in [2.45, 2.75) is 23.7 Å². The van der Waals surface area contributed by atoms with Gasteiger partial charge >= 0.3 is 0 Å². The summed E-state index contributed by atoms with van der Waals surface area (Å²) in [5, 5.41) is 4.53. The van der Waals surface area contributed by atoms with E-state index in [0.29, 0.717) is 24.6 Å². The Morgan fingerprint density at radius 3 is 2.62 bits per heavy atom. The Labute approximate surface area is 201 Å². The Morgan fingerprint density at radius 2 is 1.97 bits per heavy atom. The number of pyridine rings is 2. The van der Waals surface area contributed by atoms with Gasteiger partial charge in [0.1, 0.15) is 5.82 Å². The fraction of sp³-hybridized carbons (Fsp3) is 0.292. The zero-order chi connectivity index (χ0) is 23.7. The third-order valence-electron chi connectivity index (χ3n) is 6.31. The summed E-state index contributed by atoms with van der Waals surface area (Å²) in [5.41, 5.74) is 17.4. The Kier molecular flexibility index (Phi) is 6.16. The van der Waals surface area contributed by atoms with Gasteiger partial charge in [-0.1, -0.05) is 6.07 Å². The van der Waals surface area contributed by atoms with Crippen LogP contribution >= 0.6 is 11.8 Å². The van der Waals surface area contributed by atoms with Crippen LogP contribution < -0.4 is 11.5 Å². The number of likely N-dealkylation sites (tertiary alicyclic amines) is 1. The monoisotopic (exact) mass is 474 g/mol. The molecular weight excluding hydrogens is 448 g/mol. The van der Waals surface area contributed by atoms with Gasteiger partial charge in [0, 0.05) is 54.3 Å². The van der Waals surface area contributed by atoms with E-state index in [1.807, 2.05) is 41.6 Å². The molecule has 10 heteroatoms. The molecule has 0 bridgehead atoms. The normalized spacial score (nSPS) is 14.6. The quantitative estimate of drug-likeness (QED) is 0.423. The molecule has 4 aromatic heterocycles. The molecule has 0 unspecified atom stereocenters. The molecule has 1 aliphatic heterocycles. The minimum Gasteiger partial charge on any atom is -0.383 e. The van der Waals surface area contributed by atoms with Crippen LogP contribution in [0, 0.1) is 0 Å². The maximum atomic E-state index is 12.0. The number of aromatic nitrogens is 5. The number of rotatable bonds is 5. The number of nitrogen functional groups attached to an aromatic ring is 1. The highest BCUT2D eigenvalue weighted by molar-refractivity contribution is 7.98. The molecular formula is C24H26N8OS. The molecule has 5 heterocycles. The van der Waals surface area contributed by atoms with Crippen molar-refractivity contribution in [1.82, 2.24) is 29.5 Å². The largest absolute Gasteiger partial charge is 0.383 e. The van der Waals surface area contributed by atoms with Crippen molar-refractivity contribution in [3.05, 3.63) is 54.7 Å². The zero-order valence-corrected chi connectivity index (χ0v) is 19.7. The molecule has 0 atom stereocenters. The molecule has 0 radical (unpaired) electrons. The van der Waals surface area contributed by atoms with Gasteiger partial charge in [0.15, 0.2) is 5.65 Å². The van der Waals surface area contributed by atoms with E-state index in [9.17, 15) is 4.79 Å². The predicted molar refractivity (Wildman–Crippen MR) is 133 cm³/mol. The van der Waals surface area contributed by atoms with E-state index in [1.54, 1.807) is 34.9 Å². The number of fused-ring (bicyclic) bond motifs is 1.